The molecule has 5 heteroatoms. The molecule has 0 atom stereocenters. The highest BCUT2D eigenvalue weighted by atomic mass is 16.3. The number of para-hydroxylation sites is 3. The van der Waals surface area contributed by atoms with Gasteiger partial charge in [0.15, 0.2) is 5.58 Å². The maximum Gasteiger partial charge on any atom is 0.234 e. The van der Waals surface area contributed by atoms with Gasteiger partial charge in [-0.2, -0.15) is 0 Å². The summed E-state index contributed by atoms with van der Waals surface area (Å²) < 4.78 is 10.4. The van der Waals surface area contributed by atoms with Crippen LogP contribution in [0, 0.1) is 0 Å². The van der Waals surface area contributed by atoms with Gasteiger partial charge in [0.1, 0.15) is 11.1 Å². The van der Waals surface area contributed by atoms with Gasteiger partial charge in [0.05, 0.1) is 22.7 Å². The van der Waals surface area contributed by atoms with Crippen molar-refractivity contribution < 1.29 is 4.42 Å². The van der Waals surface area contributed by atoms with Crippen molar-refractivity contribution >= 4 is 66.4 Å². The summed E-state index contributed by atoms with van der Waals surface area (Å²) in [5.41, 5.74) is 12.7. The fourth-order valence-corrected chi connectivity index (χ4v) is 7.54. The number of nitrogens with zero attached hydrogens (tertiary/aromatic N) is 4. The minimum Gasteiger partial charge on any atom is -0.453 e. The Kier molecular flexibility index (Phi) is 6.96. The molecule has 10 rings (SSSR count). The second-order valence-corrected chi connectivity index (χ2v) is 13.0. The van der Waals surface area contributed by atoms with Gasteiger partial charge in [0.25, 0.3) is 0 Å². The van der Waals surface area contributed by atoms with E-state index in [1.807, 2.05) is 24.3 Å². The Morgan fingerprint density at radius 3 is 2.21 bits per heavy atom. The van der Waals surface area contributed by atoms with Gasteiger partial charge in [-0.05, 0) is 77.7 Å². The third-order valence-electron chi connectivity index (χ3n) is 10.0. The molecule has 52 heavy (non-hydrogen) atoms. The van der Waals surface area contributed by atoms with Crippen molar-refractivity contribution in [3.63, 3.8) is 0 Å². The average molecular weight is 669 g/mol. The van der Waals surface area contributed by atoms with Crippen molar-refractivity contribution in [1.82, 2.24) is 19.1 Å². The van der Waals surface area contributed by atoms with Gasteiger partial charge in [-0.25, -0.2) is 9.97 Å². The fraction of sp³-hybridized carbons (Fsp3) is 0.0213. The molecule has 0 bridgehead atoms. The SMILES string of the molecule is C/C=C(\C=C/c1cn(-c2ncc3oc4ccccc4c3n2)c2ccccc12)c1ccc2c(c1)c1ccccc1n2-c1cccc(-c2ccccc2)c1. The lowest BCUT2D eigenvalue weighted by Gasteiger charge is -2.11. The van der Waals surface area contributed by atoms with Crippen molar-refractivity contribution in [1.29, 1.82) is 0 Å². The molecule has 0 aliphatic rings. The highest BCUT2D eigenvalue weighted by molar-refractivity contribution is 6.10. The van der Waals surface area contributed by atoms with Crippen LogP contribution in [0.5, 0.6) is 0 Å². The second-order valence-electron chi connectivity index (χ2n) is 13.0. The van der Waals surface area contributed by atoms with Crippen LogP contribution in [0.3, 0.4) is 0 Å². The molecular weight excluding hydrogens is 637 g/mol. The summed E-state index contributed by atoms with van der Waals surface area (Å²) in [5, 5.41) is 4.57. The molecule has 0 unspecified atom stereocenters. The lowest BCUT2D eigenvalue weighted by Crippen LogP contribution is -1.98. The largest absolute Gasteiger partial charge is 0.453 e. The Bertz CT molecular complexity index is 3030. The van der Waals surface area contributed by atoms with Crippen LogP contribution >= 0.6 is 0 Å². The minimum atomic E-state index is 0.609. The van der Waals surface area contributed by atoms with E-state index in [-0.39, 0.29) is 0 Å². The molecule has 0 saturated heterocycles. The fourth-order valence-electron chi connectivity index (χ4n) is 7.54. The molecule has 4 aromatic heterocycles. The first-order chi connectivity index (χ1) is 25.7. The van der Waals surface area contributed by atoms with Crippen LogP contribution in [-0.4, -0.2) is 19.1 Å². The van der Waals surface area contributed by atoms with E-state index in [4.69, 9.17) is 14.4 Å². The van der Waals surface area contributed by atoms with E-state index in [0.717, 1.165) is 49.8 Å². The van der Waals surface area contributed by atoms with Crippen LogP contribution in [0.1, 0.15) is 18.1 Å². The highest BCUT2D eigenvalue weighted by Gasteiger charge is 2.16. The van der Waals surface area contributed by atoms with E-state index < -0.39 is 0 Å². The number of benzene rings is 6. The number of rotatable bonds is 6. The zero-order chi connectivity index (χ0) is 34.6. The zero-order valence-corrected chi connectivity index (χ0v) is 28.4. The number of furan rings is 1. The van der Waals surface area contributed by atoms with Crippen LogP contribution in [0.4, 0.5) is 0 Å². The van der Waals surface area contributed by atoms with Gasteiger partial charge in [-0.3, -0.25) is 4.57 Å². The van der Waals surface area contributed by atoms with E-state index in [1.54, 1.807) is 6.20 Å². The van der Waals surface area contributed by atoms with E-state index in [1.165, 1.54) is 32.9 Å². The molecule has 246 valence electrons. The quantitative estimate of drug-likeness (QED) is 0.166. The molecule has 0 aliphatic carbocycles. The van der Waals surface area contributed by atoms with Crippen molar-refractivity contribution in [3.05, 3.63) is 181 Å². The van der Waals surface area contributed by atoms with Gasteiger partial charge in [0.2, 0.25) is 5.95 Å². The van der Waals surface area contributed by atoms with Crippen molar-refractivity contribution in [2.75, 3.05) is 0 Å². The number of hydrogen-bond acceptors (Lipinski definition) is 3. The first-order valence-corrected chi connectivity index (χ1v) is 17.5. The number of allylic oxidation sites excluding steroid dienone is 3. The Balaban J connectivity index is 1.04. The number of aromatic nitrogens is 4. The molecule has 0 amide bonds. The predicted molar refractivity (Wildman–Crippen MR) is 215 cm³/mol. The molecule has 0 N–H and O–H groups in total. The Hall–Kier alpha value is -6.98. The van der Waals surface area contributed by atoms with Crippen molar-refractivity contribution in [3.8, 4) is 22.8 Å². The third-order valence-corrected chi connectivity index (χ3v) is 10.0. The summed E-state index contributed by atoms with van der Waals surface area (Å²) in [4.78, 5) is 9.69. The zero-order valence-electron chi connectivity index (χ0n) is 28.4. The van der Waals surface area contributed by atoms with Gasteiger partial charge in [0, 0.05) is 39.0 Å². The molecule has 0 spiro atoms. The number of hydrogen-bond donors (Lipinski definition) is 0. The Morgan fingerprint density at radius 2 is 1.35 bits per heavy atom. The Labute approximate surface area is 300 Å². The first kappa shape index (κ1) is 29.9. The molecule has 5 nitrogen and oxygen atoms in total. The lowest BCUT2D eigenvalue weighted by atomic mass is 10.0. The second kappa shape index (κ2) is 12.1. The van der Waals surface area contributed by atoms with Crippen LogP contribution in [0.25, 0.3) is 89.2 Å². The number of fused-ring (bicyclic) bond motifs is 7. The molecule has 10 aromatic rings. The summed E-state index contributed by atoms with van der Waals surface area (Å²) in [6.45, 7) is 2.10. The third kappa shape index (κ3) is 4.86. The average Bonchev–Trinajstić information content (AvgIpc) is 3.88. The van der Waals surface area contributed by atoms with Crippen LogP contribution in [-0.2, 0) is 0 Å². The summed E-state index contributed by atoms with van der Waals surface area (Å²) in [5.74, 6) is 0.609. The van der Waals surface area contributed by atoms with Crippen LogP contribution in [0.15, 0.2) is 175 Å². The van der Waals surface area contributed by atoms with E-state index in [9.17, 15) is 0 Å². The molecule has 0 aliphatic heterocycles. The molecule has 0 saturated carbocycles. The molecule has 4 heterocycles. The van der Waals surface area contributed by atoms with Gasteiger partial charge < -0.3 is 8.98 Å². The molecule has 0 radical (unpaired) electrons. The molecular formula is C47H32N4O. The highest BCUT2D eigenvalue weighted by Crippen LogP contribution is 2.36. The lowest BCUT2D eigenvalue weighted by molar-refractivity contribution is 0.665. The molecule has 0 fully saturated rings. The smallest absolute Gasteiger partial charge is 0.234 e. The van der Waals surface area contributed by atoms with E-state index in [0.29, 0.717) is 11.5 Å². The topological polar surface area (TPSA) is 48.8 Å². The van der Waals surface area contributed by atoms with Crippen molar-refractivity contribution in [2.24, 2.45) is 0 Å². The standard InChI is InChI=1S/C47H32N4O/c1-2-31(23-24-35-30-50(41-20-9-6-17-37(35)41)47-48-29-45-46(49-47)39-19-8-11-22-44(39)52-45)34-25-26-43-40(28-34)38-18-7-10-21-42(38)51(43)36-16-12-15-33(27-36)32-13-4-3-5-14-32/h2-30H,1H3/b24-23-,31-2+. The van der Waals surface area contributed by atoms with Gasteiger partial charge >= 0.3 is 0 Å². The molecule has 6 aromatic carbocycles. The first-order valence-electron chi connectivity index (χ1n) is 17.5. The minimum absolute atomic E-state index is 0.609. The Morgan fingerprint density at radius 1 is 0.615 bits per heavy atom. The summed E-state index contributed by atoms with van der Waals surface area (Å²) in [6.07, 6.45) is 10.5. The van der Waals surface area contributed by atoms with Gasteiger partial charge in [-0.15, -0.1) is 0 Å². The van der Waals surface area contributed by atoms with Crippen LogP contribution < -0.4 is 0 Å². The maximum atomic E-state index is 6.00. The van der Waals surface area contributed by atoms with E-state index in [2.05, 4.69) is 162 Å². The maximum absolute atomic E-state index is 6.00. The van der Waals surface area contributed by atoms with Crippen molar-refractivity contribution in [2.45, 2.75) is 6.92 Å². The normalized spacial score (nSPS) is 12.4. The predicted octanol–water partition coefficient (Wildman–Crippen LogP) is 12.2. The monoisotopic (exact) mass is 668 g/mol. The summed E-state index contributed by atoms with van der Waals surface area (Å²) in [7, 11) is 0. The summed E-state index contributed by atoms with van der Waals surface area (Å²) >= 11 is 0. The van der Waals surface area contributed by atoms with Gasteiger partial charge in [-0.1, -0.05) is 115 Å². The van der Waals surface area contributed by atoms with E-state index >= 15 is 0 Å². The summed E-state index contributed by atoms with van der Waals surface area (Å²) in [6, 6.07) is 51.3. The van der Waals surface area contributed by atoms with Crippen LogP contribution in [0.2, 0.25) is 0 Å².